The Bertz CT molecular complexity index is 329. The molecule has 2 heteroatoms. The normalized spacial score (nSPS) is 17.8. The molecule has 0 aliphatic carbocycles. The van der Waals surface area contributed by atoms with Crippen molar-refractivity contribution in [2.24, 2.45) is 0 Å². The van der Waals surface area contributed by atoms with Gasteiger partial charge in [-0.25, -0.2) is 0 Å². The average Bonchev–Trinajstić information content (AvgIpc) is 2.37. The largest absolute Gasteiger partial charge is 0.496 e. The first-order valence-corrected chi connectivity index (χ1v) is 4.47. The smallest absolute Gasteiger partial charge is 0.127 e. The van der Waals surface area contributed by atoms with Crippen molar-refractivity contribution < 1.29 is 9.47 Å². The molecule has 1 aromatic rings. The summed E-state index contributed by atoms with van der Waals surface area (Å²) in [4.78, 5) is 0. The van der Waals surface area contributed by atoms with Gasteiger partial charge in [-0.1, -0.05) is 6.07 Å². The molecular formula is C11H14O2. The molecule has 0 radical (unpaired) electrons. The molecule has 0 atom stereocenters. The van der Waals surface area contributed by atoms with Gasteiger partial charge in [-0.2, -0.15) is 0 Å². The summed E-state index contributed by atoms with van der Waals surface area (Å²) < 4.78 is 11.0. The van der Waals surface area contributed by atoms with Crippen LogP contribution in [0.15, 0.2) is 18.2 Å². The number of hydrogen-bond acceptors (Lipinski definition) is 2. The third kappa shape index (κ3) is 1.37. The lowest BCUT2D eigenvalue weighted by Crippen LogP contribution is -2.24. The van der Waals surface area contributed by atoms with Gasteiger partial charge in [-0.05, 0) is 26.0 Å². The fraction of sp³-hybridized carbons (Fsp3) is 0.455. The number of benzene rings is 1. The van der Waals surface area contributed by atoms with Crippen molar-refractivity contribution in [3.63, 3.8) is 0 Å². The Labute approximate surface area is 78.5 Å². The number of hydrogen-bond donors (Lipinski definition) is 0. The van der Waals surface area contributed by atoms with Gasteiger partial charge in [0.25, 0.3) is 0 Å². The molecule has 13 heavy (non-hydrogen) atoms. The Kier molecular flexibility index (Phi) is 1.72. The van der Waals surface area contributed by atoms with E-state index in [0.717, 1.165) is 17.9 Å². The van der Waals surface area contributed by atoms with E-state index in [0.29, 0.717) is 0 Å². The van der Waals surface area contributed by atoms with Crippen molar-refractivity contribution in [1.29, 1.82) is 0 Å². The summed E-state index contributed by atoms with van der Waals surface area (Å²) in [7, 11) is 1.70. The van der Waals surface area contributed by atoms with Gasteiger partial charge in [0.1, 0.15) is 17.1 Å². The van der Waals surface area contributed by atoms with Gasteiger partial charge in [-0.15, -0.1) is 0 Å². The van der Waals surface area contributed by atoms with Crippen LogP contribution in [0.1, 0.15) is 19.4 Å². The SMILES string of the molecule is COc1cccc2c1CC(C)(C)O2. The van der Waals surface area contributed by atoms with Crippen LogP contribution in [0.5, 0.6) is 11.5 Å². The molecule has 0 unspecified atom stereocenters. The summed E-state index contributed by atoms with van der Waals surface area (Å²) >= 11 is 0. The quantitative estimate of drug-likeness (QED) is 0.657. The minimum absolute atomic E-state index is 0.0863. The highest BCUT2D eigenvalue weighted by Crippen LogP contribution is 2.39. The first kappa shape index (κ1) is 8.42. The summed E-state index contributed by atoms with van der Waals surface area (Å²) in [5, 5.41) is 0. The van der Waals surface area contributed by atoms with Gasteiger partial charge in [0.05, 0.1) is 7.11 Å². The van der Waals surface area contributed by atoms with Gasteiger partial charge in [0.2, 0.25) is 0 Å². The minimum Gasteiger partial charge on any atom is -0.496 e. The molecule has 1 aromatic carbocycles. The molecule has 0 N–H and O–H groups in total. The monoisotopic (exact) mass is 178 g/mol. The van der Waals surface area contributed by atoms with E-state index in [1.165, 1.54) is 5.56 Å². The Balaban J connectivity index is 2.45. The highest BCUT2D eigenvalue weighted by Gasteiger charge is 2.31. The van der Waals surface area contributed by atoms with Crippen molar-refractivity contribution >= 4 is 0 Å². The van der Waals surface area contributed by atoms with E-state index in [4.69, 9.17) is 9.47 Å². The van der Waals surface area contributed by atoms with Gasteiger partial charge in [0, 0.05) is 12.0 Å². The third-order valence-corrected chi connectivity index (χ3v) is 2.30. The van der Waals surface area contributed by atoms with E-state index in [9.17, 15) is 0 Å². The lowest BCUT2D eigenvalue weighted by molar-refractivity contribution is 0.138. The molecule has 1 heterocycles. The third-order valence-electron chi connectivity index (χ3n) is 2.30. The van der Waals surface area contributed by atoms with Crippen LogP contribution in [0, 0.1) is 0 Å². The van der Waals surface area contributed by atoms with E-state index < -0.39 is 0 Å². The zero-order chi connectivity index (χ0) is 9.47. The second kappa shape index (κ2) is 2.66. The van der Waals surface area contributed by atoms with Gasteiger partial charge >= 0.3 is 0 Å². The summed E-state index contributed by atoms with van der Waals surface area (Å²) in [6, 6.07) is 5.93. The predicted octanol–water partition coefficient (Wildman–Crippen LogP) is 2.41. The molecule has 0 bridgehead atoms. The van der Waals surface area contributed by atoms with E-state index >= 15 is 0 Å². The highest BCUT2D eigenvalue weighted by atomic mass is 16.5. The van der Waals surface area contributed by atoms with Crippen LogP contribution in [0.3, 0.4) is 0 Å². The number of rotatable bonds is 1. The Morgan fingerprint density at radius 3 is 2.85 bits per heavy atom. The molecule has 1 aliphatic heterocycles. The topological polar surface area (TPSA) is 18.5 Å². The molecule has 2 rings (SSSR count). The van der Waals surface area contributed by atoms with Crippen LogP contribution < -0.4 is 9.47 Å². The first-order chi connectivity index (χ1) is 6.12. The number of methoxy groups -OCH3 is 1. The molecule has 2 nitrogen and oxygen atoms in total. The molecule has 0 saturated carbocycles. The van der Waals surface area contributed by atoms with E-state index in [1.807, 2.05) is 18.2 Å². The maximum absolute atomic E-state index is 5.76. The summed E-state index contributed by atoms with van der Waals surface area (Å²) in [6.07, 6.45) is 0.923. The zero-order valence-corrected chi connectivity index (χ0v) is 8.26. The van der Waals surface area contributed by atoms with Crippen LogP contribution >= 0.6 is 0 Å². The van der Waals surface area contributed by atoms with Crippen LogP contribution in [-0.2, 0) is 6.42 Å². The van der Waals surface area contributed by atoms with Crippen LogP contribution in [0.25, 0.3) is 0 Å². The van der Waals surface area contributed by atoms with E-state index in [-0.39, 0.29) is 5.60 Å². The predicted molar refractivity (Wildman–Crippen MR) is 51.4 cm³/mol. The van der Waals surface area contributed by atoms with Crippen molar-refractivity contribution in [3.8, 4) is 11.5 Å². The molecule has 1 aliphatic rings. The highest BCUT2D eigenvalue weighted by molar-refractivity contribution is 5.48. The molecule has 0 saturated heterocycles. The van der Waals surface area contributed by atoms with Crippen LogP contribution in [-0.4, -0.2) is 12.7 Å². The lowest BCUT2D eigenvalue weighted by Gasteiger charge is -2.16. The van der Waals surface area contributed by atoms with Crippen molar-refractivity contribution in [3.05, 3.63) is 23.8 Å². The lowest BCUT2D eigenvalue weighted by atomic mass is 10.0. The molecule has 0 fully saturated rings. The molecule has 0 spiro atoms. The molecule has 0 aromatic heterocycles. The van der Waals surface area contributed by atoms with Gasteiger partial charge in [-0.3, -0.25) is 0 Å². The van der Waals surface area contributed by atoms with Crippen molar-refractivity contribution in [2.75, 3.05) is 7.11 Å². The zero-order valence-electron chi connectivity index (χ0n) is 8.26. The van der Waals surface area contributed by atoms with E-state index in [1.54, 1.807) is 7.11 Å². The molecular weight excluding hydrogens is 164 g/mol. The Hall–Kier alpha value is -1.18. The fourth-order valence-corrected chi connectivity index (χ4v) is 1.77. The summed E-state index contributed by atoms with van der Waals surface area (Å²) in [6.45, 7) is 4.18. The fourth-order valence-electron chi connectivity index (χ4n) is 1.77. The maximum atomic E-state index is 5.76. The van der Waals surface area contributed by atoms with E-state index in [2.05, 4.69) is 13.8 Å². The van der Waals surface area contributed by atoms with Crippen LogP contribution in [0.2, 0.25) is 0 Å². The van der Waals surface area contributed by atoms with Crippen molar-refractivity contribution in [2.45, 2.75) is 25.9 Å². The van der Waals surface area contributed by atoms with Crippen molar-refractivity contribution in [1.82, 2.24) is 0 Å². The van der Waals surface area contributed by atoms with Gasteiger partial charge < -0.3 is 9.47 Å². The average molecular weight is 178 g/mol. The second-order valence-corrected chi connectivity index (χ2v) is 3.98. The molecule has 0 amide bonds. The Morgan fingerprint density at radius 2 is 2.15 bits per heavy atom. The standard InChI is InChI=1S/C11H14O2/c1-11(2)7-8-9(12-3)5-4-6-10(8)13-11/h4-6H,7H2,1-3H3. The maximum Gasteiger partial charge on any atom is 0.127 e. The van der Waals surface area contributed by atoms with Gasteiger partial charge in [0.15, 0.2) is 0 Å². The Morgan fingerprint density at radius 1 is 1.38 bits per heavy atom. The summed E-state index contributed by atoms with van der Waals surface area (Å²) in [5.74, 6) is 1.90. The number of fused-ring (bicyclic) bond motifs is 1. The van der Waals surface area contributed by atoms with Crippen LogP contribution in [0.4, 0.5) is 0 Å². The molecule has 70 valence electrons. The number of ether oxygens (including phenoxy) is 2. The minimum atomic E-state index is -0.0863. The summed E-state index contributed by atoms with van der Waals surface area (Å²) in [5.41, 5.74) is 1.10. The first-order valence-electron chi connectivity index (χ1n) is 4.47. The second-order valence-electron chi connectivity index (χ2n) is 3.98.